The summed E-state index contributed by atoms with van der Waals surface area (Å²) >= 11 is 5.84. The lowest BCUT2D eigenvalue weighted by Crippen LogP contribution is -3.11. The van der Waals surface area contributed by atoms with Crippen LogP contribution < -0.4 is 15.5 Å². The molecule has 5 nitrogen and oxygen atoms in total. The number of amides is 2. The normalized spacial score (nSPS) is 16.2. The number of halogens is 1. The smallest absolute Gasteiger partial charge is 0.319 e. The summed E-state index contributed by atoms with van der Waals surface area (Å²) < 4.78 is 5.56. The fourth-order valence-corrected chi connectivity index (χ4v) is 3.14. The molecule has 3 N–H and O–H groups in total. The van der Waals surface area contributed by atoms with Gasteiger partial charge in [0.25, 0.3) is 0 Å². The Morgan fingerprint density at radius 1 is 1.22 bits per heavy atom. The van der Waals surface area contributed by atoms with Gasteiger partial charge in [0.05, 0.1) is 25.9 Å². The van der Waals surface area contributed by atoms with Crippen LogP contribution in [-0.2, 0) is 0 Å². The maximum absolute atomic E-state index is 12.1. The van der Waals surface area contributed by atoms with E-state index in [0.29, 0.717) is 11.6 Å². The van der Waals surface area contributed by atoms with E-state index in [-0.39, 0.29) is 12.1 Å². The van der Waals surface area contributed by atoms with Crippen molar-refractivity contribution >= 4 is 23.3 Å². The average molecular weight is 335 g/mol. The average Bonchev–Trinajstić information content (AvgIpc) is 3.24. The predicted octanol–water partition coefficient (Wildman–Crippen LogP) is 2.47. The summed E-state index contributed by atoms with van der Waals surface area (Å²) in [4.78, 5) is 13.6. The van der Waals surface area contributed by atoms with E-state index < -0.39 is 0 Å². The number of carbonyl (C=O) groups excluding carboxylic acids is 1. The first kappa shape index (κ1) is 15.9. The van der Waals surface area contributed by atoms with Crippen LogP contribution in [0.1, 0.15) is 24.6 Å². The van der Waals surface area contributed by atoms with E-state index in [0.717, 1.165) is 24.5 Å². The van der Waals surface area contributed by atoms with E-state index in [1.54, 1.807) is 30.5 Å². The molecule has 1 aromatic carbocycles. The van der Waals surface area contributed by atoms with E-state index in [4.69, 9.17) is 16.0 Å². The molecule has 0 unspecified atom stereocenters. The Kier molecular flexibility index (Phi) is 5.20. The lowest BCUT2D eigenvalue weighted by atomic mass is 10.2. The number of anilines is 1. The minimum atomic E-state index is -0.220. The molecule has 1 aliphatic rings. The molecule has 122 valence electrons. The Labute approximate surface area is 140 Å². The summed E-state index contributed by atoms with van der Waals surface area (Å²) in [7, 11) is 0. The number of furan rings is 1. The summed E-state index contributed by atoms with van der Waals surface area (Å²) in [6.45, 7) is 2.78. The first-order valence-electron chi connectivity index (χ1n) is 7.91. The van der Waals surface area contributed by atoms with Crippen molar-refractivity contribution in [3.63, 3.8) is 0 Å². The van der Waals surface area contributed by atoms with E-state index >= 15 is 0 Å². The quantitative estimate of drug-likeness (QED) is 0.786. The van der Waals surface area contributed by atoms with E-state index in [9.17, 15) is 4.79 Å². The fraction of sp³-hybridized carbons (Fsp3) is 0.353. The van der Waals surface area contributed by atoms with Crippen LogP contribution in [0.4, 0.5) is 10.5 Å². The summed E-state index contributed by atoms with van der Waals surface area (Å²) in [5, 5.41) is 6.40. The molecule has 1 saturated heterocycles. The summed E-state index contributed by atoms with van der Waals surface area (Å²) in [6, 6.07) is 10.9. The van der Waals surface area contributed by atoms with Crippen LogP contribution in [0.2, 0.25) is 5.02 Å². The van der Waals surface area contributed by atoms with Gasteiger partial charge in [-0.2, -0.15) is 0 Å². The zero-order chi connectivity index (χ0) is 16.1. The molecule has 2 aromatic rings. The van der Waals surface area contributed by atoms with Crippen LogP contribution in [0.15, 0.2) is 47.1 Å². The zero-order valence-corrected chi connectivity index (χ0v) is 13.6. The molecule has 2 heterocycles. The highest BCUT2D eigenvalue weighted by atomic mass is 35.5. The molecular weight excluding hydrogens is 314 g/mol. The van der Waals surface area contributed by atoms with Gasteiger partial charge in [-0.3, -0.25) is 0 Å². The predicted molar refractivity (Wildman–Crippen MR) is 89.9 cm³/mol. The van der Waals surface area contributed by atoms with Crippen LogP contribution in [0.5, 0.6) is 0 Å². The minimum absolute atomic E-state index is 0.156. The van der Waals surface area contributed by atoms with Crippen molar-refractivity contribution in [2.45, 2.75) is 18.9 Å². The van der Waals surface area contributed by atoms with Gasteiger partial charge in [-0.15, -0.1) is 0 Å². The standard InChI is InChI=1S/C17H20ClN3O2/c18-13-5-7-14(8-6-13)20-17(22)19-12-15(16-4-3-11-23-16)21-9-1-2-10-21/h3-8,11,15H,1-2,9-10,12H2,(H2,19,20,22)/p+1/t15-/m0/s1. The molecule has 0 spiro atoms. The number of urea groups is 1. The fourth-order valence-electron chi connectivity index (χ4n) is 3.02. The van der Waals surface area contributed by atoms with Gasteiger partial charge in [-0.1, -0.05) is 11.6 Å². The van der Waals surface area contributed by atoms with Gasteiger partial charge in [0.2, 0.25) is 0 Å². The first-order valence-corrected chi connectivity index (χ1v) is 8.28. The Morgan fingerprint density at radius 3 is 2.61 bits per heavy atom. The highest BCUT2D eigenvalue weighted by Crippen LogP contribution is 2.14. The van der Waals surface area contributed by atoms with Crippen LogP contribution in [0.3, 0.4) is 0 Å². The largest absolute Gasteiger partial charge is 0.463 e. The van der Waals surface area contributed by atoms with Crippen molar-refractivity contribution in [2.75, 3.05) is 25.0 Å². The van der Waals surface area contributed by atoms with E-state index in [1.165, 1.54) is 17.7 Å². The molecule has 1 atom stereocenters. The van der Waals surface area contributed by atoms with Gasteiger partial charge in [-0.25, -0.2) is 4.79 Å². The second kappa shape index (κ2) is 7.53. The molecule has 23 heavy (non-hydrogen) atoms. The summed E-state index contributed by atoms with van der Waals surface area (Å²) in [5.41, 5.74) is 0.718. The third-order valence-corrected chi connectivity index (χ3v) is 4.45. The third-order valence-electron chi connectivity index (χ3n) is 4.19. The Balaban J connectivity index is 1.57. The van der Waals surface area contributed by atoms with Crippen LogP contribution >= 0.6 is 11.6 Å². The van der Waals surface area contributed by atoms with Crippen LogP contribution in [-0.4, -0.2) is 25.7 Å². The topological polar surface area (TPSA) is 58.7 Å². The van der Waals surface area contributed by atoms with Gasteiger partial charge < -0.3 is 20.0 Å². The number of rotatable bonds is 5. The number of benzene rings is 1. The molecule has 1 fully saturated rings. The van der Waals surface area contributed by atoms with Gasteiger partial charge in [0.1, 0.15) is 0 Å². The molecule has 6 heteroatoms. The van der Waals surface area contributed by atoms with Gasteiger partial charge in [0, 0.05) is 23.6 Å². The lowest BCUT2D eigenvalue weighted by Gasteiger charge is -2.23. The highest BCUT2D eigenvalue weighted by Gasteiger charge is 2.29. The molecule has 0 radical (unpaired) electrons. The minimum Gasteiger partial charge on any atom is -0.463 e. The van der Waals surface area contributed by atoms with Crippen molar-refractivity contribution in [1.82, 2.24) is 5.32 Å². The molecule has 3 rings (SSSR count). The summed E-state index contributed by atoms with van der Waals surface area (Å²) in [5.74, 6) is 0.925. The van der Waals surface area contributed by atoms with Crippen molar-refractivity contribution < 1.29 is 14.1 Å². The number of carbonyl (C=O) groups is 1. The maximum atomic E-state index is 12.1. The van der Waals surface area contributed by atoms with Crippen molar-refractivity contribution in [3.05, 3.63) is 53.4 Å². The number of hydrogen-bond acceptors (Lipinski definition) is 2. The monoisotopic (exact) mass is 334 g/mol. The van der Waals surface area contributed by atoms with Crippen LogP contribution in [0.25, 0.3) is 0 Å². The van der Waals surface area contributed by atoms with Gasteiger partial charge in [0.15, 0.2) is 11.8 Å². The molecule has 1 aliphatic heterocycles. The van der Waals surface area contributed by atoms with Crippen molar-refractivity contribution in [1.29, 1.82) is 0 Å². The Bertz CT molecular complexity index is 622. The Hall–Kier alpha value is -1.98. The SMILES string of the molecule is O=C(NC[C@@H](c1ccco1)[NH+]1CCCC1)Nc1ccc(Cl)cc1. The number of hydrogen-bond donors (Lipinski definition) is 3. The van der Waals surface area contributed by atoms with Crippen LogP contribution in [0, 0.1) is 0 Å². The molecule has 0 bridgehead atoms. The number of quaternary nitrogens is 1. The molecule has 1 aromatic heterocycles. The Morgan fingerprint density at radius 2 is 1.96 bits per heavy atom. The molecule has 2 amide bonds. The second-order valence-electron chi connectivity index (χ2n) is 5.78. The zero-order valence-electron chi connectivity index (χ0n) is 12.8. The van der Waals surface area contributed by atoms with E-state index in [2.05, 4.69) is 10.6 Å². The second-order valence-corrected chi connectivity index (χ2v) is 6.21. The van der Waals surface area contributed by atoms with Gasteiger partial charge >= 0.3 is 6.03 Å². The van der Waals surface area contributed by atoms with Crippen molar-refractivity contribution in [3.8, 4) is 0 Å². The lowest BCUT2D eigenvalue weighted by molar-refractivity contribution is -0.919. The van der Waals surface area contributed by atoms with Crippen molar-refractivity contribution in [2.24, 2.45) is 0 Å². The summed E-state index contributed by atoms with van der Waals surface area (Å²) in [6.07, 6.45) is 4.14. The molecular formula is C17H21ClN3O2+. The molecule has 0 saturated carbocycles. The number of nitrogens with one attached hydrogen (secondary N) is 3. The first-order chi connectivity index (χ1) is 11.2. The molecule has 0 aliphatic carbocycles. The third kappa shape index (κ3) is 4.27. The van der Waals surface area contributed by atoms with E-state index in [1.807, 2.05) is 12.1 Å². The number of likely N-dealkylation sites (tertiary alicyclic amines) is 1. The highest BCUT2D eigenvalue weighted by molar-refractivity contribution is 6.30. The maximum Gasteiger partial charge on any atom is 0.319 e. The van der Waals surface area contributed by atoms with Gasteiger partial charge in [-0.05, 0) is 36.4 Å².